The molecular formula is C26H53N3O2S. The Bertz CT molecular complexity index is 569. The second kappa shape index (κ2) is 13.8. The molecule has 0 rings (SSSR count). The van der Waals surface area contributed by atoms with Crippen LogP contribution in [0.1, 0.15) is 82.1 Å². The van der Waals surface area contributed by atoms with Crippen LogP contribution in [-0.2, 0) is 9.59 Å². The highest BCUT2D eigenvalue weighted by atomic mass is 32.2. The third-order valence-electron chi connectivity index (χ3n) is 7.04. The lowest BCUT2D eigenvalue weighted by Crippen LogP contribution is -2.59. The molecule has 0 spiro atoms. The molecule has 0 aliphatic heterocycles. The summed E-state index contributed by atoms with van der Waals surface area (Å²) in [5, 5.41) is 3.15. The molecule has 0 aromatic rings. The smallest absolute Gasteiger partial charge is 0.245 e. The lowest BCUT2D eigenvalue weighted by Gasteiger charge is -2.40. The first-order valence-corrected chi connectivity index (χ1v) is 13.7. The van der Waals surface area contributed by atoms with Gasteiger partial charge in [-0.05, 0) is 50.8 Å². The maximum absolute atomic E-state index is 13.6. The van der Waals surface area contributed by atoms with Crippen molar-refractivity contribution in [3.05, 3.63) is 0 Å². The first-order valence-electron chi connectivity index (χ1n) is 12.5. The molecule has 6 heteroatoms. The van der Waals surface area contributed by atoms with Gasteiger partial charge in [0.25, 0.3) is 0 Å². The summed E-state index contributed by atoms with van der Waals surface area (Å²) in [5.74, 6) is 0.948. The Kier molecular flexibility index (Phi) is 13.5. The minimum absolute atomic E-state index is 0.0178. The Hall–Kier alpha value is -0.750. The topological polar surface area (TPSA) is 52.7 Å². The van der Waals surface area contributed by atoms with Crippen molar-refractivity contribution in [3.8, 4) is 0 Å². The van der Waals surface area contributed by atoms with E-state index in [1.165, 1.54) is 0 Å². The van der Waals surface area contributed by atoms with Crippen molar-refractivity contribution in [1.29, 1.82) is 0 Å². The minimum Gasteiger partial charge on any atom is -0.343 e. The van der Waals surface area contributed by atoms with Crippen molar-refractivity contribution in [1.82, 2.24) is 15.1 Å². The molecule has 0 bridgehead atoms. The van der Waals surface area contributed by atoms with E-state index in [4.69, 9.17) is 0 Å². The van der Waals surface area contributed by atoms with E-state index in [2.05, 4.69) is 71.9 Å². The van der Waals surface area contributed by atoms with Crippen molar-refractivity contribution in [2.75, 3.05) is 26.9 Å². The van der Waals surface area contributed by atoms with Gasteiger partial charge in [-0.15, -0.1) is 0 Å². The largest absolute Gasteiger partial charge is 0.343 e. The minimum atomic E-state index is -0.522. The number of nitrogens with zero attached hydrogens (tertiary/aromatic N) is 2. The van der Waals surface area contributed by atoms with Gasteiger partial charge in [-0.1, -0.05) is 68.2 Å². The predicted molar refractivity (Wildman–Crippen MR) is 141 cm³/mol. The lowest BCUT2D eigenvalue weighted by molar-refractivity contribution is -0.141. The van der Waals surface area contributed by atoms with Gasteiger partial charge in [-0.3, -0.25) is 14.5 Å². The van der Waals surface area contributed by atoms with Crippen LogP contribution in [0, 0.1) is 23.7 Å². The van der Waals surface area contributed by atoms with Gasteiger partial charge in [0.15, 0.2) is 0 Å². The van der Waals surface area contributed by atoms with E-state index in [9.17, 15) is 9.59 Å². The number of hydrogen-bond acceptors (Lipinski definition) is 4. The Labute approximate surface area is 203 Å². The zero-order chi connectivity index (χ0) is 25.4. The second-order valence-corrected chi connectivity index (χ2v) is 12.5. The molecule has 5 atom stereocenters. The molecule has 2 amide bonds. The highest BCUT2D eigenvalue weighted by Crippen LogP contribution is 2.26. The standard InChI is InChI=1S/C26H53N3O2S/c1-14-19(7)23(20(8)15-2)29(12)25(31)21(17(3)4)27-24(30)22(18(5)6)28(11)16-26(9,10)32-13/h17-23H,14-16H2,1-13H3,(H,27,30)/t19-,20?,21-,22?,23?/m0/s1. The zero-order valence-electron chi connectivity index (χ0n) is 23.3. The molecule has 0 aliphatic carbocycles. The van der Waals surface area contributed by atoms with E-state index in [0.29, 0.717) is 11.8 Å². The Morgan fingerprint density at radius 3 is 1.72 bits per heavy atom. The highest BCUT2D eigenvalue weighted by Gasteiger charge is 2.37. The number of hydrogen-bond donors (Lipinski definition) is 1. The Morgan fingerprint density at radius 1 is 0.906 bits per heavy atom. The van der Waals surface area contributed by atoms with E-state index in [-0.39, 0.29) is 40.5 Å². The molecular weight excluding hydrogens is 418 g/mol. The van der Waals surface area contributed by atoms with Gasteiger partial charge in [0, 0.05) is 24.4 Å². The summed E-state index contributed by atoms with van der Waals surface area (Å²) in [6.07, 6.45) is 4.15. The molecule has 3 unspecified atom stereocenters. The van der Waals surface area contributed by atoms with Crippen molar-refractivity contribution in [2.45, 2.75) is 105 Å². The number of nitrogens with one attached hydrogen (secondary N) is 1. The average molecular weight is 472 g/mol. The molecule has 0 aliphatic rings. The van der Waals surface area contributed by atoms with E-state index in [0.717, 1.165) is 19.4 Å². The first-order chi connectivity index (χ1) is 14.6. The predicted octanol–water partition coefficient (Wildman–Crippen LogP) is 5.14. The number of amides is 2. The van der Waals surface area contributed by atoms with Crippen LogP contribution in [0.25, 0.3) is 0 Å². The van der Waals surface area contributed by atoms with Crippen LogP contribution in [0.4, 0.5) is 0 Å². The van der Waals surface area contributed by atoms with E-state index < -0.39 is 6.04 Å². The highest BCUT2D eigenvalue weighted by molar-refractivity contribution is 7.99. The molecule has 0 saturated carbocycles. The third kappa shape index (κ3) is 8.89. The van der Waals surface area contributed by atoms with Crippen LogP contribution >= 0.6 is 11.8 Å². The zero-order valence-corrected chi connectivity index (χ0v) is 24.1. The van der Waals surface area contributed by atoms with E-state index in [1.54, 1.807) is 11.8 Å². The summed E-state index contributed by atoms with van der Waals surface area (Å²) in [5.41, 5.74) is 0. The van der Waals surface area contributed by atoms with Crippen molar-refractivity contribution >= 4 is 23.6 Å². The quantitative estimate of drug-likeness (QED) is 0.381. The van der Waals surface area contributed by atoms with Gasteiger partial charge in [0.1, 0.15) is 6.04 Å². The summed E-state index contributed by atoms with van der Waals surface area (Å²) < 4.78 is 0.0511. The van der Waals surface area contributed by atoms with Crippen molar-refractivity contribution < 1.29 is 9.59 Å². The van der Waals surface area contributed by atoms with Crippen LogP contribution in [0.5, 0.6) is 0 Å². The average Bonchev–Trinajstić information content (AvgIpc) is 2.70. The monoisotopic (exact) mass is 471 g/mol. The number of carbonyl (C=O) groups excluding carboxylic acids is 2. The second-order valence-electron chi connectivity index (χ2n) is 11.0. The fourth-order valence-electron chi connectivity index (χ4n) is 4.70. The molecule has 5 nitrogen and oxygen atoms in total. The summed E-state index contributed by atoms with van der Waals surface area (Å²) in [4.78, 5) is 31.2. The van der Waals surface area contributed by atoms with Crippen LogP contribution in [0.2, 0.25) is 0 Å². The molecule has 32 heavy (non-hydrogen) atoms. The van der Waals surface area contributed by atoms with Crippen molar-refractivity contribution in [2.24, 2.45) is 23.7 Å². The normalized spacial score (nSPS) is 17.2. The number of likely N-dealkylation sites (N-methyl/N-ethyl adjacent to an activating group) is 2. The molecule has 0 aromatic carbocycles. The summed E-state index contributed by atoms with van der Waals surface area (Å²) in [6, 6.07) is -0.631. The Balaban J connectivity index is 5.74. The van der Waals surface area contributed by atoms with E-state index >= 15 is 0 Å². The first kappa shape index (κ1) is 31.2. The molecule has 0 heterocycles. The number of carbonyl (C=O) groups is 2. The maximum Gasteiger partial charge on any atom is 0.245 e. The van der Waals surface area contributed by atoms with Crippen LogP contribution in [0.3, 0.4) is 0 Å². The molecule has 1 N–H and O–H groups in total. The van der Waals surface area contributed by atoms with Crippen LogP contribution in [-0.4, -0.2) is 71.4 Å². The lowest BCUT2D eigenvalue weighted by atomic mass is 9.85. The number of rotatable bonds is 14. The SMILES string of the molecule is CCC(C)C([C@@H](C)CC)N(C)C(=O)[C@@H](NC(=O)C(C(C)C)N(C)CC(C)(C)SC)C(C)C. The van der Waals surface area contributed by atoms with Gasteiger partial charge < -0.3 is 10.2 Å². The molecule has 0 aromatic heterocycles. The third-order valence-corrected chi connectivity index (χ3v) is 8.27. The van der Waals surface area contributed by atoms with Crippen LogP contribution < -0.4 is 5.32 Å². The van der Waals surface area contributed by atoms with Gasteiger partial charge in [0.05, 0.1) is 6.04 Å². The van der Waals surface area contributed by atoms with Gasteiger partial charge >= 0.3 is 0 Å². The van der Waals surface area contributed by atoms with E-state index in [1.807, 2.05) is 32.8 Å². The van der Waals surface area contributed by atoms with Gasteiger partial charge in [0.2, 0.25) is 11.8 Å². The maximum atomic E-state index is 13.6. The van der Waals surface area contributed by atoms with Gasteiger partial charge in [-0.2, -0.15) is 11.8 Å². The molecule has 0 saturated heterocycles. The van der Waals surface area contributed by atoms with Gasteiger partial charge in [-0.25, -0.2) is 0 Å². The summed E-state index contributed by atoms with van der Waals surface area (Å²) >= 11 is 1.80. The molecule has 0 radical (unpaired) electrons. The fourth-order valence-corrected chi connectivity index (χ4v) is 5.03. The number of thioether (sulfide) groups is 1. The Morgan fingerprint density at radius 2 is 1.38 bits per heavy atom. The fraction of sp³-hybridized carbons (Fsp3) is 0.923. The van der Waals surface area contributed by atoms with Crippen LogP contribution in [0.15, 0.2) is 0 Å². The summed E-state index contributed by atoms with van der Waals surface area (Å²) in [6.45, 7) is 22.2. The molecule has 190 valence electrons. The summed E-state index contributed by atoms with van der Waals surface area (Å²) in [7, 11) is 3.93. The molecule has 0 fully saturated rings. The van der Waals surface area contributed by atoms with Crippen molar-refractivity contribution in [3.63, 3.8) is 0 Å².